The van der Waals surface area contributed by atoms with Gasteiger partial charge >= 0.3 is 0 Å². The normalized spacial score (nSPS) is 13.1. The van der Waals surface area contributed by atoms with E-state index in [2.05, 4.69) is 345 Å². The minimum Gasteiger partial charge on any atom is -0.309 e. The molecule has 0 saturated carbocycles. The van der Waals surface area contributed by atoms with E-state index >= 15 is 0 Å². The monoisotopic (exact) mass is 1220 g/mol. The molecule has 466 valence electrons. The van der Waals surface area contributed by atoms with E-state index in [1.54, 1.807) is 0 Å². The van der Waals surface area contributed by atoms with Crippen molar-refractivity contribution in [3.05, 3.63) is 240 Å². The first kappa shape index (κ1) is 61.1. The summed E-state index contributed by atoms with van der Waals surface area (Å²) in [6.45, 7) is 41.3. The number of hydrogen-bond donors (Lipinski definition) is 0. The minimum atomic E-state index is -0.0502. The van der Waals surface area contributed by atoms with Crippen LogP contribution >= 0.6 is 0 Å². The summed E-state index contributed by atoms with van der Waals surface area (Å²) in [6.07, 6.45) is 0. The molecule has 4 heterocycles. The Bertz CT molecular complexity index is 4820. The van der Waals surface area contributed by atoms with Gasteiger partial charge < -0.3 is 9.13 Å². The summed E-state index contributed by atoms with van der Waals surface area (Å²) in [4.78, 5) is 17.4. The molecule has 6 nitrogen and oxygen atoms in total. The van der Waals surface area contributed by atoms with Crippen LogP contribution in [0.3, 0.4) is 0 Å². The third kappa shape index (κ3) is 10.8. The van der Waals surface area contributed by atoms with E-state index in [1.807, 2.05) is 0 Å². The van der Waals surface area contributed by atoms with Gasteiger partial charge in [0, 0.05) is 43.4 Å². The largest absolute Gasteiger partial charge is 0.309 e. The highest BCUT2D eigenvalue weighted by Gasteiger charge is 2.28. The molecule has 0 unspecified atom stereocenters. The molecule has 93 heavy (non-hydrogen) atoms. The van der Waals surface area contributed by atoms with Crippen molar-refractivity contribution in [2.75, 3.05) is 0 Å². The van der Waals surface area contributed by atoms with Crippen LogP contribution in [0.5, 0.6) is 0 Å². The second-order valence-corrected chi connectivity index (χ2v) is 32.4. The third-order valence-electron chi connectivity index (χ3n) is 19.5. The molecule has 0 aliphatic heterocycles. The van der Waals surface area contributed by atoms with Crippen LogP contribution in [-0.4, -0.2) is 28.7 Å². The van der Waals surface area contributed by atoms with Crippen molar-refractivity contribution in [3.8, 4) is 62.4 Å². The average molecular weight is 1220 g/mol. The van der Waals surface area contributed by atoms with Crippen LogP contribution in [0.15, 0.2) is 206 Å². The standard InChI is InChI=1S/C87H88N6/c1-82(2,3)57-33-27-53(28-34-57)55-31-41-77-65(47-55)66-48-56(54-29-35-58(36-30-54)83(4,5)6)32-42-78(66)93(77)81-89-79(63-23-19-21-25-71(63)91-73-43-37-59(84(7,8)9)49-67(73)68-50-60(85(10,11)12)38-44-74(68)91)88-80(90-81)64-24-20-22-26-72(64)92-75-45-39-61(86(13,14)15)51-69(75)70-52-62(87(16,17)18)40-46-76(70)92/h19-52H,1-18H3. The summed E-state index contributed by atoms with van der Waals surface area (Å²) in [5.41, 5.74) is 22.6. The lowest BCUT2D eigenvalue weighted by molar-refractivity contribution is 0.590. The van der Waals surface area contributed by atoms with Crippen molar-refractivity contribution < 1.29 is 0 Å². The van der Waals surface area contributed by atoms with Crippen molar-refractivity contribution in [2.45, 2.75) is 157 Å². The highest BCUT2D eigenvalue weighted by Crippen LogP contribution is 2.45. The van der Waals surface area contributed by atoms with Crippen LogP contribution in [0.2, 0.25) is 0 Å². The maximum atomic E-state index is 5.80. The predicted molar refractivity (Wildman–Crippen MR) is 397 cm³/mol. The highest BCUT2D eigenvalue weighted by atomic mass is 15.2. The fraction of sp³-hybridized carbons (Fsp3) is 0.276. The molecular formula is C87H88N6. The maximum absolute atomic E-state index is 5.80. The molecule has 4 aromatic heterocycles. The van der Waals surface area contributed by atoms with E-state index in [1.165, 1.54) is 66.1 Å². The molecule has 0 spiro atoms. The Morgan fingerprint density at radius 1 is 0.226 bits per heavy atom. The summed E-state index contributed by atoms with van der Waals surface area (Å²) in [7, 11) is 0. The molecule has 14 aromatic rings. The van der Waals surface area contributed by atoms with E-state index in [0.29, 0.717) is 17.6 Å². The number of para-hydroxylation sites is 2. The Balaban J connectivity index is 1.06. The van der Waals surface area contributed by atoms with Gasteiger partial charge in [-0.2, -0.15) is 9.97 Å². The van der Waals surface area contributed by atoms with Gasteiger partial charge in [0.2, 0.25) is 5.95 Å². The van der Waals surface area contributed by atoms with E-state index in [0.717, 1.165) is 77.5 Å². The second kappa shape index (κ2) is 21.6. The molecule has 0 amide bonds. The van der Waals surface area contributed by atoms with E-state index in [-0.39, 0.29) is 32.5 Å². The second-order valence-electron chi connectivity index (χ2n) is 32.4. The van der Waals surface area contributed by atoms with Gasteiger partial charge in [0.15, 0.2) is 11.6 Å². The molecule has 0 atom stereocenters. The van der Waals surface area contributed by atoms with Gasteiger partial charge in [-0.1, -0.05) is 234 Å². The van der Waals surface area contributed by atoms with Crippen molar-refractivity contribution in [2.24, 2.45) is 0 Å². The first-order valence-corrected chi connectivity index (χ1v) is 33.3. The topological polar surface area (TPSA) is 53.5 Å². The average Bonchev–Trinajstić information content (AvgIpc) is 1.59. The molecule has 0 fully saturated rings. The maximum Gasteiger partial charge on any atom is 0.238 e. The van der Waals surface area contributed by atoms with Crippen LogP contribution in [0.1, 0.15) is 158 Å². The van der Waals surface area contributed by atoms with E-state index < -0.39 is 0 Å². The van der Waals surface area contributed by atoms with Crippen LogP contribution in [0.25, 0.3) is 128 Å². The molecular weight excluding hydrogens is 1130 g/mol. The number of fused-ring (bicyclic) bond motifs is 9. The van der Waals surface area contributed by atoms with Crippen molar-refractivity contribution in [3.63, 3.8) is 0 Å². The summed E-state index contributed by atoms with van der Waals surface area (Å²) >= 11 is 0. The van der Waals surface area contributed by atoms with Crippen LogP contribution in [0, 0.1) is 0 Å². The van der Waals surface area contributed by atoms with Gasteiger partial charge in [0.05, 0.1) is 44.5 Å². The molecule has 0 saturated heterocycles. The Labute approximate surface area is 550 Å². The molecule has 0 radical (unpaired) electrons. The van der Waals surface area contributed by atoms with Gasteiger partial charge in [-0.25, -0.2) is 4.98 Å². The summed E-state index contributed by atoms with van der Waals surface area (Å²) < 4.78 is 7.17. The van der Waals surface area contributed by atoms with Crippen molar-refractivity contribution >= 4 is 65.4 Å². The Hall–Kier alpha value is -9.39. The Morgan fingerprint density at radius 2 is 0.473 bits per heavy atom. The lowest BCUT2D eigenvalue weighted by Gasteiger charge is -2.20. The SMILES string of the molecule is CC(C)(C)c1ccc(-c2ccc3c(c2)c2cc(-c4ccc(C(C)(C)C)cc4)ccc2n3-c2nc(-c3ccccc3-n3c4ccc(C(C)(C)C)cc4c4cc(C(C)(C)C)ccc43)nc(-c3ccccc3-n3c4ccc(C(C)(C)C)cc4c4cc(C(C)(C)C)ccc43)n2)cc1. The Kier molecular flexibility index (Phi) is 14.2. The zero-order chi connectivity index (χ0) is 65.6. The predicted octanol–water partition coefficient (Wildman–Crippen LogP) is 23.6. The lowest BCUT2D eigenvalue weighted by Crippen LogP contribution is -2.10. The minimum absolute atomic E-state index is 0.0339. The number of rotatable bonds is 7. The first-order chi connectivity index (χ1) is 43.9. The van der Waals surface area contributed by atoms with Gasteiger partial charge in [-0.05, 0) is 185 Å². The van der Waals surface area contributed by atoms with Gasteiger partial charge in [0.25, 0.3) is 0 Å². The van der Waals surface area contributed by atoms with E-state index in [4.69, 9.17) is 15.0 Å². The number of nitrogens with zero attached hydrogens (tertiary/aromatic N) is 6. The van der Waals surface area contributed by atoms with Crippen LogP contribution in [0.4, 0.5) is 0 Å². The fourth-order valence-corrected chi connectivity index (χ4v) is 13.8. The molecule has 0 aliphatic rings. The Morgan fingerprint density at radius 3 is 0.774 bits per heavy atom. The molecule has 0 bridgehead atoms. The molecule has 0 N–H and O–H groups in total. The summed E-state index contributed by atoms with van der Waals surface area (Å²) in [5, 5.41) is 7.11. The highest BCUT2D eigenvalue weighted by molar-refractivity contribution is 6.13. The summed E-state index contributed by atoms with van der Waals surface area (Å²) in [6, 6.07) is 77.7. The van der Waals surface area contributed by atoms with Crippen LogP contribution in [-0.2, 0) is 32.5 Å². The lowest BCUT2D eigenvalue weighted by atomic mass is 9.85. The smallest absolute Gasteiger partial charge is 0.238 e. The first-order valence-electron chi connectivity index (χ1n) is 33.3. The van der Waals surface area contributed by atoms with Crippen molar-refractivity contribution in [1.82, 2.24) is 28.7 Å². The molecule has 0 aliphatic carbocycles. The van der Waals surface area contributed by atoms with Gasteiger partial charge in [0.1, 0.15) is 0 Å². The molecule has 14 rings (SSSR count). The van der Waals surface area contributed by atoms with Gasteiger partial charge in [-0.15, -0.1) is 0 Å². The fourth-order valence-electron chi connectivity index (χ4n) is 13.8. The van der Waals surface area contributed by atoms with Gasteiger partial charge in [-0.3, -0.25) is 4.57 Å². The molecule has 6 heteroatoms. The zero-order valence-corrected chi connectivity index (χ0v) is 57.8. The van der Waals surface area contributed by atoms with E-state index in [9.17, 15) is 0 Å². The zero-order valence-electron chi connectivity index (χ0n) is 57.8. The number of benzene rings is 10. The number of aromatic nitrogens is 6. The third-order valence-corrected chi connectivity index (χ3v) is 19.5. The number of hydrogen-bond acceptors (Lipinski definition) is 3. The van der Waals surface area contributed by atoms with Crippen LogP contribution < -0.4 is 0 Å². The molecule has 10 aromatic carbocycles. The summed E-state index contributed by atoms with van der Waals surface area (Å²) in [5.74, 6) is 1.67. The van der Waals surface area contributed by atoms with Crippen molar-refractivity contribution in [1.29, 1.82) is 0 Å². The quantitative estimate of drug-likeness (QED) is 0.160.